The van der Waals surface area contributed by atoms with E-state index in [1.807, 2.05) is 27.7 Å². The molecule has 0 saturated carbocycles. The van der Waals surface area contributed by atoms with Gasteiger partial charge in [0.25, 0.3) is 0 Å². The van der Waals surface area contributed by atoms with Crippen LogP contribution in [0.25, 0.3) is 0 Å². The molecule has 2 fully saturated rings. The van der Waals surface area contributed by atoms with Crippen molar-refractivity contribution >= 4 is 0 Å². The van der Waals surface area contributed by atoms with E-state index >= 15 is 0 Å². The molecule has 3 heterocycles. The van der Waals surface area contributed by atoms with Crippen LogP contribution in [0.1, 0.15) is 39.6 Å². The lowest BCUT2D eigenvalue weighted by atomic mass is 10.0. The average molecular weight is 298 g/mol. The molecule has 0 spiro atoms. The highest BCUT2D eigenvalue weighted by molar-refractivity contribution is 5.07. The zero-order valence-electron chi connectivity index (χ0n) is 12.7. The molecule has 0 aromatic carbocycles. The highest BCUT2D eigenvalue weighted by atomic mass is 16.8. The van der Waals surface area contributed by atoms with E-state index < -0.39 is 29.9 Å². The Balaban J connectivity index is 1.80. The predicted molar refractivity (Wildman–Crippen MR) is 72.4 cm³/mol. The van der Waals surface area contributed by atoms with Crippen LogP contribution in [0.15, 0.2) is 22.8 Å². The third kappa shape index (κ3) is 3.00. The third-order valence-corrected chi connectivity index (χ3v) is 3.71. The Hall–Kier alpha value is -0.920. The molecule has 0 bridgehead atoms. The summed E-state index contributed by atoms with van der Waals surface area (Å²) < 4.78 is 28.5. The van der Waals surface area contributed by atoms with Crippen molar-refractivity contribution in [1.29, 1.82) is 0 Å². The average Bonchev–Trinajstić information content (AvgIpc) is 3.06. The van der Waals surface area contributed by atoms with Crippen LogP contribution in [0, 0.1) is 0 Å². The van der Waals surface area contributed by atoms with E-state index in [1.54, 1.807) is 12.1 Å². The molecule has 6 heteroatoms. The summed E-state index contributed by atoms with van der Waals surface area (Å²) in [5, 5.41) is 10.5. The molecule has 6 nitrogen and oxygen atoms in total. The second-order valence-electron chi connectivity index (χ2n) is 6.39. The number of rotatable bonds is 3. The predicted octanol–water partition coefficient (Wildman–Crippen LogP) is 1.98. The molecule has 2 aliphatic heterocycles. The molecular formula is C15H22O6. The fourth-order valence-electron chi connectivity index (χ4n) is 2.85. The third-order valence-electron chi connectivity index (χ3n) is 3.71. The van der Waals surface area contributed by atoms with Gasteiger partial charge < -0.3 is 28.5 Å². The van der Waals surface area contributed by atoms with Gasteiger partial charge in [-0.1, -0.05) is 0 Å². The molecule has 4 unspecified atom stereocenters. The van der Waals surface area contributed by atoms with Gasteiger partial charge in [-0.05, 0) is 39.8 Å². The fourth-order valence-corrected chi connectivity index (χ4v) is 2.85. The SMILES string of the molecule is CC1(C)OCC(C2OC(C)(C)OC2C(O)c2ccco2)O1. The van der Waals surface area contributed by atoms with Crippen LogP contribution < -0.4 is 0 Å². The number of aliphatic hydroxyl groups is 1. The normalized spacial score (nSPS) is 36.0. The number of hydrogen-bond donors (Lipinski definition) is 1. The standard InChI is InChI=1S/C15H22O6/c1-14(2)18-8-10(19-14)12-13(21-15(3,4)20-12)11(16)9-6-5-7-17-9/h5-7,10-13,16H,8H2,1-4H3. The largest absolute Gasteiger partial charge is 0.466 e. The molecule has 1 N–H and O–H groups in total. The van der Waals surface area contributed by atoms with Gasteiger partial charge in [0.15, 0.2) is 11.6 Å². The minimum atomic E-state index is -0.918. The van der Waals surface area contributed by atoms with Gasteiger partial charge in [0, 0.05) is 0 Å². The van der Waals surface area contributed by atoms with Crippen LogP contribution in [0.2, 0.25) is 0 Å². The number of hydrogen-bond acceptors (Lipinski definition) is 6. The van der Waals surface area contributed by atoms with Gasteiger partial charge in [-0.3, -0.25) is 0 Å². The Morgan fingerprint density at radius 1 is 1.14 bits per heavy atom. The molecule has 3 rings (SSSR count). The fraction of sp³-hybridized carbons (Fsp3) is 0.733. The van der Waals surface area contributed by atoms with Crippen LogP contribution in [-0.4, -0.2) is 41.6 Å². The lowest BCUT2D eigenvalue weighted by Crippen LogP contribution is -2.41. The van der Waals surface area contributed by atoms with Crippen molar-refractivity contribution in [3.05, 3.63) is 24.2 Å². The van der Waals surface area contributed by atoms with Gasteiger partial charge in [-0.25, -0.2) is 0 Å². The molecule has 2 aliphatic rings. The highest BCUT2D eigenvalue weighted by Crippen LogP contribution is 2.40. The molecule has 2 saturated heterocycles. The molecular weight excluding hydrogens is 276 g/mol. The Morgan fingerprint density at radius 3 is 2.48 bits per heavy atom. The lowest BCUT2D eigenvalue weighted by Gasteiger charge is -2.25. The maximum Gasteiger partial charge on any atom is 0.164 e. The second-order valence-corrected chi connectivity index (χ2v) is 6.39. The van der Waals surface area contributed by atoms with Crippen LogP contribution in [0.3, 0.4) is 0 Å². The van der Waals surface area contributed by atoms with Crippen LogP contribution >= 0.6 is 0 Å². The monoisotopic (exact) mass is 298 g/mol. The maximum absolute atomic E-state index is 10.5. The highest BCUT2D eigenvalue weighted by Gasteiger charge is 2.52. The van der Waals surface area contributed by atoms with Gasteiger partial charge in [0.1, 0.15) is 30.2 Å². The summed E-state index contributed by atoms with van der Waals surface area (Å²) in [6, 6.07) is 3.44. The number of furan rings is 1. The lowest BCUT2D eigenvalue weighted by molar-refractivity contribution is -0.175. The summed E-state index contributed by atoms with van der Waals surface area (Å²) in [7, 11) is 0. The van der Waals surface area contributed by atoms with Gasteiger partial charge in [-0.2, -0.15) is 0 Å². The van der Waals surface area contributed by atoms with Gasteiger partial charge in [0.2, 0.25) is 0 Å². The van der Waals surface area contributed by atoms with Crippen LogP contribution in [-0.2, 0) is 18.9 Å². The molecule has 0 radical (unpaired) electrons. The summed E-state index contributed by atoms with van der Waals surface area (Å²) in [6.45, 7) is 7.74. The minimum Gasteiger partial charge on any atom is -0.466 e. The van der Waals surface area contributed by atoms with E-state index in [9.17, 15) is 5.11 Å². The van der Waals surface area contributed by atoms with Gasteiger partial charge in [0.05, 0.1) is 12.9 Å². The van der Waals surface area contributed by atoms with Crippen molar-refractivity contribution in [2.75, 3.05) is 6.61 Å². The maximum atomic E-state index is 10.5. The van der Waals surface area contributed by atoms with Crippen LogP contribution in [0.5, 0.6) is 0 Å². The van der Waals surface area contributed by atoms with Crippen molar-refractivity contribution in [3.63, 3.8) is 0 Å². The van der Waals surface area contributed by atoms with E-state index in [4.69, 9.17) is 23.4 Å². The first-order valence-electron chi connectivity index (χ1n) is 7.16. The first-order chi connectivity index (χ1) is 9.77. The molecule has 0 aliphatic carbocycles. The Kier molecular flexibility index (Phi) is 3.62. The first kappa shape index (κ1) is 15.0. The summed E-state index contributed by atoms with van der Waals surface area (Å²) in [4.78, 5) is 0. The van der Waals surface area contributed by atoms with E-state index in [1.165, 1.54) is 6.26 Å². The van der Waals surface area contributed by atoms with Crippen molar-refractivity contribution in [2.45, 2.75) is 63.7 Å². The van der Waals surface area contributed by atoms with E-state index in [2.05, 4.69) is 0 Å². The minimum absolute atomic E-state index is 0.295. The molecule has 1 aromatic rings. The molecule has 21 heavy (non-hydrogen) atoms. The molecule has 4 atom stereocenters. The molecule has 1 aromatic heterocycles. The Morgan fingerprint density at radius 2 is 1.90 bits per heavy atom. The second kappa shape index (κ2) is 5.07. The van der Waals surface area contributed by atoms with Crippen molar-refractivity contribution in [3.8, 4) is 0 Å². The summed E-state index contributed by atoms with van der Waals surface area (Å²) in [5.41, 5.74) is 0. The van der Waals surface area contributed by atoms with Gasteiger partial charge >= 0.3 is 0 Å². The summed E-state index contributed by atoms with van der Waals surface area (Å²) >= 11 is 0. The van der Waals surface area contributed by atoms with Crippen molar-refractivity contribution in [2.24, 2.45) is 0 Å². The van der Waals surface area contributed by atoms with Gasteiger partial charge in [-0.15, -0.1) is 0 Å². The molecule has 0 amide bonds. The number of aliphatic hydroxyl groups excluding tert-OH is 1. The number of ether oxygens (including phenoxy) is 4. The summed E-state index contributed by atoms with van der Waals surface area (Å²) in [5.74, 6) is -0.996. The Bertz CT molecular complexity index is 480. The quantitative estimate of drug-likeness (QED) is 0.920. The van der Waals surface area contributed by atoms with E-state index in [0.717, 1.165) is 0 Å². The molecule has 118 valence electrons. The zero-order chi connectivity index (χ0) is 15.3. The van der Waals surface area contributed by atoms with Crippen LogP contribution in [0.4, 0.5) is 0 Å². The van der Waals surface area contributed by atoms with Crippen molar-refractivity contribution in [1.82, 2.24) is 0 Å². The Labute approximate surface area is 123 Å². The summed E-state index contributed by atoms with van der Waals surface area (Å²) in [6.07, 6.45) is -0.696. The van der Waals surface area contributed by atoms with Crippen molar-refractivity contribution < 1.29 is 28.5 Å². The topological polar surface area (TPSA) is 70.3 Å². The van der Waals surface area contributed by atoms with E-state index in [0.29, 0.717) is 12.4 Å². The van der Waals surface area contributed by atoms with E-state index in [-0.39, 0.29) is 6.10 Å². The zero-order valence-corrected chi connectivity index (χ0v) is 12.7. The smallest absolute Gasteiger partial charge is 0.164 e. The first-order valence-corrected chi connectivity index (χ1v) is 7.16.